The predicted molar refractivity (Wildman–Crippen MR) is 53.1 cm³/mol. The van der Waals surface area contributed by atoms with Crippen molar-refractivity contribution >= 4 is 11.7 Å². The minimum Gasteiger partial charge on any atom is -0.377 e. The maximum Gasteiger partial charge on any atom is 0.221 e. The van der Waals surface area contributed by atoms with Crippen molar-refractivity contribution in [3.8, 4) is 0 Å². The van der Waals surface area contributed by atoms with Crippen LogP contribution >= 0.6 is 0 Å². The van der Waals surface area contributed by atoms with Gasteiger partial charge in [-0.25, -0.2) is 0 Å². The molecule has 0 heterocycles. The van der Waals surface area contributed by atoms with E-state index in [-0.39, 0.29) is 18.3 Å². The largest absolute Gasteiger partial charge is 0.377 e. The Bertz CT molecular complexity index is 194. The lowest BCUT2D eigenvalue weighted by Gasteiger charge is -2.14. The SMILES string of the molecule is CNC(=O)CCN(C)CC(=O)COC. The molecule has 0 spiro atoms. The highest BCUT2D eigenvalue weighted by Crippen LogP contribution is 1.88. The summed E-state index contributed by atoms with van der Waals surface area (Å²) >= 11 is 0. The second-order valence-corrected chi connectivity index (χ2v) is 3.13. The first-order valence-electron chi connectivity index (χ1n) is 4.50. The highest BCUT2D eigenvalue weighted by molar-refractivity contribution is 5.81. The summed E-state index contributed by atoms with van der Waals surface area (Å²) in [6.45, 7) is 1.03. The standard InChI is InChI=1S/C9H18N2O3/c1-10-9(13)4-5-11(2)6-8(12)7-14-3/h4-7H2,1-3H3,(H,10,13). The molecule has 0 aromatic heterocycles. The molecule has 0 atom stereocenters. The van der Waals surface area contributed by atoms with Crippen molar-refractivity contribution in [2.75, 3.05) is 40.9 Å². The van der Waals surface area contributed by atoms with Gasteiger partial charge in [0.05, 0.1) is 6.54 Å². The summed E-state index contributed by atoms with van der Waals surface area (Å²) in [6.07, 6.45) is 0.410. The molecular formula is C9H18N2O3. The Morgan fingerprint density at radius 3 is 2.57 bits per heavy atom. The number of ether oxygens (including phenoxy) is 1. The van der Waals surface area contributed by atoms with Gasteiger partial charge >= 0.3 is 0 Å². The number of methoxy groups -OCH3 is 1. The molecule has 0 aromatic carbocycles. The molecule has 1 amide bonds. The van der Waals surface area contributed by atoms with Crippen molar-refractivity contribution in [3.63, 3.8) is 0 Å². The zero-order valence-corrected chi connectivity index (χ0v) is 9.00. The summed E-state index contributed by atoms with van der Waals surface area (Å²) in [5.74, 6) is 0.00273. The van der Waals surface area contributed by atoms with Crippen LogP contribution in [-0.2, 0) is 14.3 Å². The van der Waals surface area contributed by atoms with E-state index in [0.29, 0.717) is 19.5 Å². The molecule has 0 radical (unpaired) electrons. The average Bonchev–Trinajstić information content (AvgIpc) is 2.14. The van der Waals surface area contributed by atoms with Gasteiger partial charge < -0.3 is 10.1 Å². The second kappa shape index (κ2) is 7.46. The van der Waals surface area contributed by atoms with Crippen LogP contribution in [0.3, 0.4) is 0 Å². The average molecular weight is 202 g/mol. The minimum atomic E-state index is -0.0176. The van der Waals surface area contributed by atoms with Gasteiger partial charge in [-0.05, 0) is 7.05 Å². The third-order valence-electron chi connectivity index (χ3n) is 1.75. The van der Waals surface area contributed by atoms with E-state index in [9.17, 15) is 9.59 Å². The summed E-state index contributed by atoms with van der Waals surface area (Å²) < 4.78 is 4.70. The van der Waals surface area contributed by atoms with Crippen molar-refractivity contribution < 1.29 is 14.3 Å². The Kier molecular flexibility index (Phi) is 6.96. The maximum absolute atomic E-state index is 11.1. The van der Waals surface area contributed by atoms with E-state index in [2.05, 4.69) is 5.32 Å². The van der Waals surface area contributed by atoms with Gasteiger partial charge in [0.15, 0.2) is 5.78 Å². The van der Waals surface area contributed by atoms with Gasteiger partial charge in [-0.2, -0.15) is 0 Å². The normalized spacial score (nSPS) is 10.3. The fraction of sp³-hybridized carbons (Fsp3) is 0.778. The van der Waals surface area contributed by atoms with E-state index in [1.807, 2.05) is 0 Å². The van der Waals surface area contributed by atoms with Crippen LogP contribution in [0.1, 0.15) is 6.42 Å². The molecule has 0 aliphatic rings. The van der Waals surface area contributed by atoms with Crippen molar-refractivity contribution in [1.29, 1.82) is 0 Å². The highest BCUT2D eigenvalue weighted by Gasteiger charge is 2.07. The van der Waals surface area contributed by atoms with Gasteiger partial charge in [-0.1, -0.05) is 0 Å². The van der Waals surface area contributed by atoms with Crippen LogP contribution in [0.2, 0.25) is 0 Å². The third-order valence-corrected chi connectivity index (χ3v) is 1.75. The van der Waals surface area contributed by atoms with Gasteiger partial charge in [0.25, 0.3) is 0 Å². The molecule has 1 N–H and O–H groups in total. The Hall–Kier alpha value is -0.940. The Morgan fingerprint density at radius 2 is 2.07 bits per heavy atom. The van der Waals surface area contributed by atoms with Crippen LogP contribution in [0, 0.1) is 0 Å². The molecule has 0 rings (SSSR count). The van der Waals surface area contributed by atoms with E-state index < -0.39 is 0 Å². The Balaban J connectivity index is 3.59. The molecule has 5 nitrogen and oxygen atoms in total. The van der Waals surface area contributed by atoms with Crippen molar-refractivity contribution in [2.24, 2.45) is 0 Å². The molecule has 0 aliphatic carbocycles. The van der Waals surface area contributed by atoms with Gasteiger partial charge in [0.2, 0.25) is 5.91 Å². The quantitative estimate of drug-likeness (QED) is 0.591. The second-order valence-electron chi connectivity index (χ2n) is 3.13. The van der Waals surface area contributed by atoms with E-state index in [0.717, 1.165) is 0 Å². The Morgan fingerprint density at radius 1 is 1.43 bits per heavy atom. The number of carbonyl (C=O) groups is 2. The topological polar surface area (TPSA) is 58.6 Å². The molecular weight excluding hydrogens is 184 g/mol. The summed E-state index contributed by atoms with van der Waals surface area (Å²) in [7, 11) is 4.89. The molecule has 0 saturated heterocycles. The number of hydrogen-bond donors (Lipinski definition) is 1. The Labute approximate surface area is 84.4 Å². The minimum absolute atomic E-state index is 0.0176. The van der Waals surface area contributed by atoms with Gasteiger partial charge in [0, 0.05) is 27.1 Å². The fourth-order valence-corrected chi connectivity index (χ4v) is 1.00. The number of rotatable bonds is 7. The lowest BCUT2D eigenvalue weighted by Crippen LogP contribution is -2.31. The number of nitrogens with zero attached hydrogens (tertiary/aromatic N) is 1. The number of nitrogens with one attached hydrogen (secondary N) is 1. The molecule has 82 valence electrons. The number of likely N-dealkylation sites (N-methyl/N-ethyl adjacent to an activating group) is 1. The first-order valence-corrected chi connectivity index (χ1v) is 4.50. The predicted octanol–water partition coefficient (Wildman–Crippen LogP) is -0.730. The van der Waals surface area contributed by atoms with Crippen LogP contribution in [0.15, 0.2) is 0 Å². The van der Waals surface area contributed by atoms with Gasteiger partial charge in [0.1, 0.15) is 6.61 Å². The van der Waals surface area contributed by atoms with Gasteiger partial charge in [-0.15, -0.1) is 0 Å². The lowest BCUT2D eigenvalue weighted by atomic mass is 10.3. The first kappa shape index (κ1) is 13.1. The van der Waals surface area contributed by atoms with Crippen LogP contribution in [-0.4, -0.2) is 57.5 Å². The van der Waals surface area contributed by atoms with Gasteiger partial charge in [-0.3, -0.25) is 14.5 Å². The molecule has 14 heavy (non-hydrogen) atoms. The van der Waals surface area contributed by atoms with Crippen molar-refractivity contribution in [2.45, 2.75) is 6.42 Å². The molecule has 0 aliphatic heterocycles. The smallest absolute Gasteiger partial charge is 0.221 e. The van der Waals surface area contributed by atoms with Crippen LogP contribution in [0.25, 0.3) is 0 Å². The molecule has 5 heteroatoms. The zero-order chi connectivity index (χ0) is 11.0. The highest BCUT2D eigenvalue weighted by atomic mass is 16.5. The van der Waals surface area contributed by atoms with E-state index in [4.69, 9.17) is 4.74 Å². The third kappa shape index (κ3) is 6.56. The number of Topliss-reactive ketones (excluding diaryl/α,β-unsaturated/α-hetero) is 1. The monoisotopic (exact) mass is 202 g/mol. The summed E-state index contributed by atoms with van der Waals surface area (Å²) in [5, 5.41) is 2.52. The number of hydrogen-bond acceptors (Lipinski definition) is 4. The number of carbonyl (C=O) groups excluding carboxylic acids is 2. The van der Waals surface area contributed by atoms with E-state index >= 15 is 0 Å². The molecule has 0 unspecified atom stereocenters. The molecule has 0 saturated carbocycles. The van der Waals surface area contributed by atoms with Crippen molar-refractivity contribution in [1.82, 2.24) is 10.2 Å². The summed E-state index contributed by atoms with van der Waals surface area (Å²) in [6, 6.07) is 0. The first-order chi connectivity index (χ1) is 6.60. The number of amides is 1. The lowest BCUT2D eigenvalue weighted by molar-refractivity contribution is -0.124. The zero-order valence-electron chi connectivity index (χ0n) is 9.00. The van der Waals surface area contributed by atoms with Crippen molar-refractivity contribution in [3.05, 3.63) is 0 Å². The van der Waals surface area contributed by atoms with E-state index in [1.165, 1.54) is 7.11 Å². The molecule has 0 fully saturated rings. The van der Waals surface area contributed by atoms with Crippen LogP contribution in [0.4, 0.5) is 0 Å². The fourth-order valence-electron chi connectivity index (χ4n) is 1.00. The molecule has 0 aromatic rings. The summed E-state index contributed by atoms with van der Waals surface area (Å²) in [4.78, 5) is 23.8. The van der Waals surface area contributed by atoms with Crippen LogP contribution < -0.4 is 5.32 Å². The summed E-state index contributed by atoms with van der Waals surface area (Å²) in [5.41, 5.74) is 0. The number of ketones is 1. The maximum atomic E-state index is 11.1. The van der Waals surface area contributed by atoms with E-state index in [1.54, 1.807) is 19.0 Å². The molecule has 0 bridgehead atoms. The van der Waals surface area contributed by atoms with Crippen LogP contribution in [0.5, 0.6) is 0 Å².